The van der Waals surface area contributed by atoms with E-state index >= 15 is 0 Å². The molecule has 0 radical (unpaired) electrons. The number of esters is 2. The van der Waals surface area contributed by atoms with Crippen LogP contribution in [0, 0.1) is 10.1 Å². The van der Waals surface area contributed by atoms with Gasteiger partial charge in [0.1, 0.15) is 6.54 Å². The number of methoxy groups -OCH3 is 2. The van der Waals surface area contributed by atoms with Crippen molar-refractivity contribution in [1.29, 1.82) is 0 Å². The zero-order valence-electron chi connectivity index (χ0n) is 14.9. The van der Waals surface area contributed by atoms with Gasteiger partial charge in [0.25, 0.3) is 11.1 Å². The molecular formula is C16H14N2O9S. The highest BCUT2D eigenvalue weighted by molar-refractivity contribution is 8.18. The number of carbonyl (C=O) groups excluding carboxylic acids is 4. The number of nitrogens with zero attached hydrogens (tertiary/aromatic N) is 2. The predicted molar refractivity (Wildman–Crippen MR) is 95.7 cm³/mol. The van der Waals surface area contributed by atoms with Crippen molar-refractivity contribution >= 4 is 46.6 Å². The summed E-state index contributed by atoms with van der Waals surface area (Å²) in [5, 5.41) is 10.7. The Balaban J connectivity index is 2.48. The van der Waals surface area contributed by atoms with Crippen molar-refractivity contribution in [2.45, 2.75) is 6.92 Å². The molecule has 1 heterocycles. The van der Waals surface area contributed by atoms with Gasteiger partial charge in [-0.1, -0.05) is 0 Å². The molecule has 1 aliphatic heterocycles. The van der Waals surface area contributed by atoms with Crippen LogP contribution in [0.2, 0.25) is 0 Å². The van der Waals surface area contributed by atoms with E-state index in [9.17, 15) is 29.3 Å². The number of nitro benzene ring substituents is 1. The van der Waals surface area contributed by atoms with E-state index in [-0.39, 0.29) is 22.0 Å². The Labute approximate surface area is 162 Å². The molecule has 1 fully saturated rings. The number of thioether (sulfide) groups is 1. The predicted octanol–water partition coefficient (Wildman–Crippen LogP) is 1.74. The van der Waals surface area contributed by atoms with Crippen molar-refractivity contribution in [3.05, 3.63) is 32.7 Å². The molecule has 0 bridgehead atoms. The zero-order chi connectivity index (χ0) is 21.0. The third kappa shape index (κ3) is 4.28. The molecule has 1 saturated heterocycles. The SMILES string of the molecule is COC(=O)CN1C(=O)S/C(=C\c2ccc(OC(C)=O)c([N+](=O)[O-])c2OC)C1=O. The summed E-state index contributed by atoms with van der Waals surface area (Å²) in [6.45, 7) is 0.530. The van der Waals surface area contributed by atoms with E-state index in [1.165, 1.54) is 25.3 Å². The van der Waals surface area contributed by atoms with Gasteiger partial charge >= 0.3 is 17.6 Å². The van der Waals surface area contributed by atoms with Gasteiger partial charge in [0.05, 0.1) is 24.0 Å². The minimum absolute atomic E-state index is 0.0678. The molecule has 0 saturated carbocycles. The van der Waals surface area contributed by atoms with Gasteiger partial charge in [-0.3, -0.25) is 34.2 Å². The standard InChI is InChI=1S/C16H14N2O9S/c1-8(19)27-10-5-4-9(14(26-3)13(10)18(23)24)6-11-15(21)17(16(22)28-11)7-12(20)25-2/h4-6H,7H2,1-3H3/b11-6-. The molecule has 0 aromatic heterocycles. The van der Waals surface area contributed by atoms with E-state index in [0.29, 0.717) is 16.7 Å². The van der Waals surface area contributed by atoms with Crippen LogP contribution < -0.4 is 9.47 Å². The second kappa shape index (κ2) is 8.52. The van der Waals surface area contributed by atoms with Crippen LogP contribution in [0.25, 0.3) is 6.08 Å². The molecule has 2 amide bonds. The summed E-state index contributed by atoms with van der Waals surface area (Å²) in [4.78, 5) is 58.1. The Morgan fingerprint density at radius 2 is 1.96 bits per heavy atom. The summed E-state index contributed by atoms with van der Waals surface area (Å²) in [5.41, 5.74) is -0.506. The van der Waals surface area contributed by atoms with E-state index in [2.05, 4.69) is 4.74 Å². The van der Waals surface area contributed by atoms with Crippen LogP contribution in [0.5, 0.6) is 11.5 Å². The zero-order valence-corrected chi connectivity index (χ0v) is 15.7. The van der Waals surface area contributed by atoms with Crippen LogP contribution in [0.4, 0.5) is 10.5 Å². The van der Waals surface area contributed by atoms with E-state index in [0.717, 1.165) is 14.0 Å². The van der Waals surface area contributed by atoms with Crippen molar-refractivity contribution < 1.29 is 38.3 Å². The highest BCUT2D eigenvalue weighted by Crippen LogP contribution is 2.42. The number of carbonyl (C=O) groups is 4. The molecule has 1 aromatic rings. The fourth-order valence-corrected chi connectivity index (χ4v) is 3.11. The van der Waals surface area contributed by atoms with Gasteiger partial charge in [-0.2, -0.15) is 0 Å². The largest absolute Gasteiger partial charge is 0.490 e. The fraction of sp³-hybridized carbons (Fsp3) is 0.250. The molecule has 12 heteroatoms. The third-order valence-electron chi connectivity index (χ3n) is 3.44. The average molecular weight is 410 g/mol. The average Bonchev–Trinajstić information content (AvgIpc) is 2.88. The maximum absolute atomic E-state index is 12.4. The Kier molecular flexibility index (Phi) is 6.36. The maximum atomic E-state index is 12.4. The van der Waals surface area contributed by atoms with E-state index in [1.807, 2.05) is 0 Å². The minimum Gasteiger partial charge on any atom is -0.490 e. The number of rotatable bonds is 6. The van der Waals surface area contributed by atoms with E-state index in [1.54, 1.807) is 0 Å². The number of hydrogen-bond donors (Lipinski definition) is 0. The topological polar surface area (TPSA) is 142 Å². The van der Waals surface area contributed by atoms with Gasteiger partial charge in [0, 0.05) is 12.5 Å². The lowest BCUT2D eigenvalue weighted by Gasteiger charge is -2.11. The normalized spacial score (nSPS) is 15.0. The van der Waals surface area contributed by atoms with Gasteiger partial charge < -0.3 is 14.2 Å². The van der Waals surface area contributed by atoms with Gasteiger partial charge in [0.2, 0.25) is 11.5 Å². The summed E-state index contributed by atoms with van der Waals surface area (Å²) >= 11 is 0.557. The Morgan fingerprint density at radius 1 is 1.29 bits per heavy atom. The summed E-state index contributed by atoms with van der Waals surface area (Å²) in [7, 11) is 2.28. The molecule has 1 aromatic carbocycles. The lowest BCUT2D eigenvalue weighted by molar-refractivity contribution is -0.386. The van der Waals surface area contributed by atoms with Gasteiger partial charge in [-0.05, 0) is 30.0 Å². The minimum atomic E-state index is -0.794. The molecule has 28 heavy (non-hydrogen) atoms. The second-order valence-corrected chi connectivity index (χ2v) is 6.22. The number of amides is 2. The van der Waals surface area contributed by atoms with Gasteiger partial charge in [-0.15, -0.1) is 0 Å². The molecule has 11 nitrogen and oxygen atoms in total. The molecule has 0 N–H and O–H groups in total. The lowest BCUT2D eigenvalue weighted by Crippen LogP contribution is -2.34. The van der Waals surface area contributed by atoms with Crippen molar-refractivity contribution in [1.82, 2.24) is 4.90 Å². The van der Waals surface area contributed by atoms with Gasteiger partial charge in [0.15, 0.2) is 0 Å². The van der Waals surface area contributed by atoms with Crippen LogP contribution in [0.3, 0.4) is 0 Å². The molecule has 0 unspecified atom stereocenters. The monoisotopic (exact) mass is 410 g/mol. The second-order valence-electron chi connectivity index (χ2n) is 5.23. The lowest BCUT2D eigenvalue weighted by atomic mass is 10.1. The number of imide groups is 1. The van der Waals surface area contributed by atoms with Crippen LogP contribution >= 0.6 is 11.8 Å². The summed E-state index contributed by atoms with van der Waals surface area (Å²) in [5.74, 6) is -2.88. The Hall–Kier alpha value is -3.41. The van der Waals surface area contributed by atoms with Crippen molar-refractivity contribution in [3.8, 4) is 11.5 Å². The molecule has 148 valence electrons. The molecule has 0 aliphatic carbocycles. The van der Waals surface area contributed by atoms with Crippen molar-refractivity contribution in [3.63, 3.8) is 0 Å². The summed E-state index contributed by atoms with van der Waals surface area (Å²) in [6.07, 6.45) is 1.21. The fourth-order valence-electron chi connectivity index (χ4n) is 2.28. The molecule has 0 atom stereocenters. The van der Waals surface area contributed by atoms with Crippen molar-refractivity contribution in [2.24, 2.45) is 0 Å². The first-order valence-electron chi connectivity index (χ1n) is 7.55. The smallest absolute Gasteiger partial charge is 0.353 e. The number of hydrogen-bond acceptors (Lipinski definition) is 10. The van der Waals surface area contributed by atoms with Crippen LogP contribution in [-0.4, -0.2) is 53.7 Å². The van der Waals surface area contributed by atoms with Crippen LogP contribution in [-0.2, 0) is 19.1 Å². The Morgan fingerprint density at radius 3 is 2.50 bits per heavy atom. The maximum Gasteiger partial charge on any atom is 0.353 e. The summed E-state index contributed by atoms with van der Waals surface area (Å²) < 4.78 is 14.3. The molecule has 1 aliphatic rings. The first-order valence-corrected chi connectivity index (χ1v) is 8.37. The van der Waals surface area contributed by atoms with Gasteiger partial charge in [-0.25, -0.2) is 0 Å². The highest BCUT2D eigenvalue weighted by Gasteiger charge is 2.37. The van der Waals surface area contributed by atoms with Crippen LogP contribution in [0.1, 0.15) is 12.5 Å². The summed E-state index contributed by atoms with van der Waals surface area (Å²) in [6, 6.07) is 2.50. The molecule has 2 rings (SSSR count). The first kappa shape index (κ1) is 20.9. The Bertz CT molecular complexity index is 910. The number of nitro groups is 1. The highest BCUT2D eigenvalue weighted by atomic mass is 32.2. The first-order chi connectivity index (χ1) is 13.2. The van der Waals surface area contributed by atoms with Crippen LogP contribution in [0.15, 0.2) is 17.0 Å². The van der Waals surface area contributed by atoms with E-state index < -0.39 is 40.2 Å². The molecule has 0 spiro atoms. The third-order valence-corrected chi connectivity index (χ3v) is 4.35. The number of ether oxygens (including phenoxy) is 3. The molecular weight excluding hydrogens is 396 g/mol. The number of benzene rings is 1. The van der Waals surface area contributed by atoms with Crippen molar-refractivity contribution in [2.75, 3.05) is 20.8 Å². The van der Waals surface area contributed by atoms with E-state index in [4.69, 9.17) is 9.47 Å². The quantitative estimate of drug-likeness (QED) is 0.224.